The highest BCUT2D eigenvalue weighted by Gasteiger charge is 2.24. The van der Waals surface area contributed by atoms with Crippen molar-refractivity contribution >= 4 is 12.0 Å². The van der Waals surface area contributed by atoms with Crippen LogP contribution in [0, 0.1) is 0 Å². The summed E-state index contributed by atoms with van der Waals surface area (Å²) in [4.78, 5) is 25.5. The summed E-state index contributed by atoms with van der Waals surface area (Å²) in [7, 11) is 1.75. The molecule has 0 spiro atoms. The maximum Gasteiger partial charge on any atom is 0.358 e. The molecule has 8 heteroatoms. The highest BCUT2D eigenvalue weighted by Crippen LogP contribution is 2.05. The molecule has 2 amide bonds. The number of urea groups is 1. The summed E-state index contributed by atoms with van der Waals surface area (Å²) in [5.74, 6) is -1.10. The molecule has 0 aliphatic carbocycles. The molecule has 0 aromatic carbocycles. The van der Waals surface area contributed by atoms with E-state index in [0.29, 0.717) is 19.6 Å². The van der Waals surface area contributed by atoms with E-state index in [2.05, 4.69) is 10.3 Å². The number of carboxylic acid groups (broad SMARTS) is 1. The highest BCUT2D eigenvalue weighted by atomic mass is 16.4. The number of likely N-dealkylation sites (N-methyl/N-ethyl adjacent to an activating group) is 1. The summed E-state index contributed by atoms with van der Waals surface area (Å²) < 4.78 is 1.43. The number of carbonyl (C=O) groups is 2. The molecule has 1 N–H and O–H groups in total. The largest absolute Gasteiger partial charge is 0.476 e. The maximum atomic E-state index is 11.6. The fourth-order valence-corrected chi connectivity index (χ4v) is 1.64. The molecular weight excluding hydrogens is 226 g/mol. The quantitative estimate of drug-likeness (QED) is 0.753. The summed E-state index contributed by atoms with van der Waals surface area (Å²) in [6, 6.07) is -0.0106. The number of aromatic carboxylic acids is 1. The highest BCUT2D eigenvalue weighted by molar-refractivity contribution is 5.84. The summed E-state index contributed by atoms with van der Waals surface area (Å²) in [5.41, 5.74) is -0.0881. The van der Waals surface area contributed by atoms with Gasteiger partial charge in [-0.05, 0) is 0 Å². The summed E-state index contributed by atoms with van der Waals surface area (Å²) >= 11 is 0. The van der Waals surface area contributed by atoms with Crippen LogP contribution in [-0.2, 0) is 6.54 Å². The van der Waals surface area contributed by atoms with Crippen LogP contribution in [0.4, 0.5) is 4.79 Å². The van der Waals surface area contributed by atoms with Crippen molar-refractivity contribution in [2.24, 2.45) is 0 Å². The Morgan fingerprint density at radius 2 is 2.24 bits per heavy atom. The third kappa shape index (κ3) is 2.35. The van der Waals surface area contributed by atoms with Crippen molar-refractivity contribution in [1.29, 1.82) is 0 Å². The molecule has 1 saturated heterocycles. The van der Waals surface area contributed by atoms with E-state index in [1.165, 1.54) is 10.9 Å². The maximum absolute atomic E-state index is 11.6. The first-order chi connectivity index (χ1) is 8.08. The van der Waals surface area contributed by atoms with Gasteiger partial charge in [-0.1, -0.05) is 5.21 Å². The van der Waals surface area contributed by atoms with Crippen molar-refractivity contribution in [1.82, 2.24) is 24.8 Å². The van der Waals surface area contributed by atoms with Gasteiger partial charge in [0.1, 0.15) is 0 Å². The van der Waals surface area contributed by atoms with Crippen LogP contribution in [0.3, 0.4) is 0 Å². The van der Waals surface area contributed by atoms with E-state index < -0.39 is 5.97 Å². The number of hydrogen-bond donors (Lipinski definition) is 1. The minimum atomic E-state index is -1.10. The number of aromatic nitrogens is 3. The van der Waals surface area contributed by atoms with Crippen molar-refractivity contribution in [3.05, 3.63) is 11.9 Å². The number of amides is 2. The lowest BCUT2D eigenvalue weighted by atomic mass is 10.5. The topological polar surface area (TPSA) is 91.6 Å². The van der Waals surface area contributed by atoms with E-state index >= 15 is 0 Å². The predicted molar refractivity (Wildman–Crippen MR) is 56.6 cm³/mol. The number of carboxylic acids is 1. The van der Waals surface area contributed by atoms with Gasteiger partial charge in [0.05, 0.1) is 12.7 Å². The molecule has 0 saturated carbocycles. The zero-order chi connectivity index (χ0) is 12.4. The van der Waals surface area contributed by atoms with Crippen molar-refractivity contribution in [2.75, 3.05) is 26.7 Å². The Labute approximate surface area is 97.4 Å². The minimum absolute atomic E-state index is 0.0106. The standard InChI is InChI=1S/C9H13N5O3/c1-12-2-3-13(9(12)17)4-5-14-6-7(8(15)16)10-11-14/h6H,2-5H2,1H3,(H,15,16). The molecule has 1 aliphatic rings. The van der Waals surface area contributed by atoms with Gasteiger partial charge in [0.2, 0.25) is 0 Å². The van der Waals surface area contributed by atoms with Crippen LogP contribution in [-0.4, -0.2) is 68.6 Å². The number of rotatable bonds is 4. The molecule has 0 atom stereocenters. The summed E-state index contributed by atoms with van der Waals surface area (Å²) in [6.07, 6.45) is 1.35. The molecule has 1 fully saturated rings. The van der Waals surface area contributed by atoms with Crippen LogP contribution >= 0.6 is 0 Å². The van der Waals surface area contributed by atoms with Crippen molar-refractivity contribution in [2.45, 2.75) is 6.54 Å². The van der Waals surface area contributed by atoms with Crippen LogP contribution in [0.2, 0.25) is 0 Å². The molecule has 1 aromatic heterocycles. The number of carbonyl (C=O) groups excluding carboxylic acids is 1. The van der Waals surface area contributed by atoms with E-state index in [9.17, 15) is 9.59 Å². The summed E-state index contributed by atoms with van der Waals surface area (Å²) in [5, 5.41) is 15.8. The van der Waals surface area contributed by atoms with Crippen LogP contribution in [0.5, 0.6) is 0 Å². The molecule has 2 rings (SSSR count). The van der Waals surface area contributed by atoms with E-state index in [0.717, 1.165) is 6.54 Å². The van der Waals surface area contributed by atoms with Gasteiger partial charge in [-0.3, -0.25) is 0 Å². The van der Waals surface area contributed by atoms with Crippen LogP contribution in [0.25, 0.3) is 0 Å². The zero-order valence-electron chi connectivity index (χ0n) is 9.41. The Hall–Kier alpha value is -2.12. The smallest absolute Gasteiger partial charge is 0.358 e. The second-order valence-electron chi connectivity index (χ2n) is 3.86. The van der Waals surface area contributed by atoms with Gasteiger partial charge in [-0.15, -0.1) is 5.10 Å². The van der Waals surface area contributed by atoms with Gasteiger partial charge in [-0.2, -0.15) is 0 Å². The second kappa shape index (κ2) is 4.40. The Morgan fingerprint density at radius 3 is 2.76 bits per heavy atom. The number of hydrogen-bond acceptors (Lipinski definition) is 4. The Balaban J connectivity index is 1.89. The first-order valence-corrected chi connectivity index (χ1v) is 5.21. The molecule has 8 nitrogen and oxygen atoms in total. The van der Waals surface area contributed by atoms with Gasteiger partial charge < -0.3 is 14.9 Å². The minimum Gasteiger partial charge on any atom is -0.476 e. The molecule has 0 radical (unpaired) electrons. The van der Waals surface area contributed by atoms with E-state index in [4.69, 9.17) is 5.11 Å². The molecule has 2 heterocycles. The Morgan fingerprint density at radius 1 is 1.47 bits per heavy atom. The molecule has 1 aliphatic heterocycles. The Bertz CT molecular complexity index is 444. The first-order valence-electron chi connectivity index (χ1n) is 5.21. The lowest BCUT2D eigenvalue weighted by Crippen LogP contribution is -2.32. The summed E-state index contributed by atoms with van der Waals surface area (Å²) in [6.45, 7) is 2.36. The van der Waals surface area contributed by atoms with Gasteiger partial charge in [0.15, 0.2) is 5.69 Å². The van der Waals surface area contributed by atoms with Gasteiger partial charge in [-0.25, -0.2) is 14.3 Å². The van der Waals surface area contributed by atoms with Gasteiger partial charge in [0.25, 0.3) is 0 Å². The zero-order valence-corrected chi connectivity index (χ0v) is 9.41. The SMILES string of the molecule is CN1CCN(CCn2cc(C(=O)O)nn2)C1=O. The number of nitrogens with zero attached hydrogens (tertiary/aromatic N) is 5. The molecule has 92 valence electrons. The first kappa shape index (κ1) is 11.4. The average Bonchev–Trinajstić information content (AvgIpc) is 2.86. The fraction of sp³-hybridized carbons (Fsp3) is 0.556. The van der Waals surface area contributed by atoms with Crippen LogP contribution < -0.4 is 0 Å². The monoisotopic (exact) mass is 239 g/mol. The van der Waals surface area contributed by atoms with Crippen LogP contribution in [0.1, 0.15) is 10.5 Å². The van der Waals surface area contributed by atoms with Crippen molar-refractivity contribution in [3.8, 4) is 0 Å². The molecule has 0 unspecified atom stereocenters. The van der Waals surface area contributed by atoms with E-state index in [-0.39, 0.29) is 11.7 Å². The van der Waals surface area contributed by atoms with Crippen LogP contribution in [0.15, 0.2) is 6.20 Å². The lowest BCUT2D eigenvalue weighted by Gasteiger charge is -2.15. The third-order valence-corrected chi connectivity index (χ3v) is 2.66. The Kier molecular flexibility index (Phi) is 2.94. The predicted octanol–water partition coefficient (Wildman–Crippen LogP) is -0.656. The molecular formula is C9H13N5O3. The van der Waals surface area contributed by atoms with Crippen molar-refractivity contribution < 1.29 is 14.7 Å². The molecule has 0 bridgehead atoms. The second-order valence-corrected chi connectivity index (χ2v) is 3.86. The average molecular weight is 239 g/mol. The fourth-order valence-electron chi connectivity index (χ4n) is 1.64. The lowest BCUT2D eigenvalue weighted by molar-refractivity contribution is 0.0690. The molecule has 17 heavy (non-hydrogen) atoms. The van der Waals surface area contributed by atoms with Gasteiger partial charge in [0, 0.05) is 26.7 Å². The van der Waals surface area contributed by atoms with Crippen molar-refractivity contribution in [3.63, 3.8) is 0 Å². The third-order valence-electron chi connectivity index (χ3n) is 2.66. The van der Waals surface area contributed by atoms with E-state index in [1.807, 2.05) is 0 Å². The van der Waals surface area contributed by atoms with Gasteiger partial charge >= 0.3 is 12.0 Å². The van der Waals surface area contributed by atoms with E-state index in [1.54, 1.807) is 16.8 Å². The normalized spacial score (nSPS) is 15.7. The molecule has 1 aromatic rings.